The van der Waals surface area contributed by atoms with Crippen LogP contribution in [0, 0.1) is 0 Å². The van der Waals surface area contributed by atoms with Crippen LogP contribution in [0.1, 0.15) is 25.8 Å². The monoisotopic (exact) mass is 283 g/mol. The molecule has 1 rings (SSSR count). The Balaban J connectivity index is 2.65. The Bertz CT molecular complexity index is 369. The van der Waals surface area contributed by atoms with Gasteiger partial charge in [-0.1, -0.05) is 13.8 Å². The van der Waals surface area contributed by atoms with Crippen molar-refractivity contribution in [2.75, 3.05) is 25.7 Å². The van der Waals surface area contributed by atoms with Crippen molar-refractivity contribution < 1.29 is 9.47 Å². The largest absolute Gasteiger partial charge is 0.497 e. The van der Waals surface area contributed by atoms with Gasteiger partial charge in [0.2, 0.25) is 0 Å². The minimum atomic E-state index is 0.454. The second-order valence-corrected chi connectivity index (χ2v) is 5.69. The number of rotatable bonds is 9. The van der Waals surface area contributed by atoms with Crippen LogP contribution in [0.15, 0.2) is 18.2 Å². The van der Waals surface area contributed by atoms with Crippen LogP contribution in [0.3, 0.4) is 0 Å². The minimum absolute atomic E-state index is 0.454. The quantitative estimate of drug-likeness (QED) is 0.704. The fourth-order valence-electron chi connectivity index (χ4n) is 1.66. The summed E-state index contributed by atoms with van der Waals surface area (Å²) in [6.07, 6.45) is 3.19. The average molecular weight is 283 g/mol. The number of methoxy groups -OCH3 is 1. The number of ether oxygens (including phenoxy) is 2. The van der Waals surface area contributed by atoms with Crippen LogP contribution >= 0.6 is 11.8 Å². The Morgan fingerprint density at radius 3 is 2.74 bits per heavy atom. The van der Waals surface area contributed by atoms with E-state index in [9.17, 15) is 0 Å². The maximum absolute atomic E-state index is 5.86. The van der Waals surface area contributed by atoms with Crippen LogP contribution in [-0.4, -0.2) is 31.8 Å². The standard InChI is InChI=1S/C15H25NO2S/c1-12(2)16-11-13-10-14(17-3)6-7-15(13)18-8-5-9-19-4/h6-7,10,12,16H,5,8-9,11H2,1-4H3. The van der Waals surface area contributed by atoms with Gasteiger partial charge in [0.15, 0.2) is 0 Å². The van der Waals surface area contributed by atoms with Gasteiger partial charge in [-0.25, -0.2) is 0 Å². The maximum Gasteiger partial charge on any atom is 0.124 e. The summed E-state index contributed by atoms with van der Waals surface area (Å²) in [5, 5.41) is 3.42. The lowest BCUT2D eigenvalue weighted by molar-refractivity contribution is 0.313. The molecule has 108 valence electrons. The molecule has 0 bridgehead atoms. The highest BCUT2D eigenvalue weighted by Crippen LogP contribution is 2.24. The number of hydrogen-bond donors (Lipinski definition) is 1. The third-order valence-electron chi connectivity index (χ3n) is 2.72. The topological polar surface area (TPSA) is 30.5 Å². The van der Waals surface area contributed by atoms with E-state index in [0.29, 0.717) is 6.04 Å². The van der Waals surface area contributed by atoms with Crippen molar-refractivity contribution in [3.63, 3.8) is 0 Å². The highest BCUT2D eigenvalue weighted by atomic mass is 32.2. The molecule has 3 nitrogen and oxygen atoms in total. The van der Waals surface area contributed by atoms with Crippen molar-refractivity contribution in [2.45, 2.75) is 32.9 Å². The zero-order valence-corrected chi connectivity index (χ0v) is 13.2. The molecule has 0 spiro atoms. The molecule has 0 saturated heterocycles. The van der Waals surface area contributed by atoms with Crippen LogP contribution in [0.25, 0.3) is 0 Å². The summed E-state index contributed by atoms with van der Waals surface area (Å²) in [6, 6.07) is 6.44. The van der Waals surface area contributed by atoms with Gasteiger partial charge >= 0.3 is 0 Å². The molecule has 0 fully saturated rings. The third-order valence-corrected chi connectivity index (χ3v) is 3.42. The van der Waals surface area contributed by atoms with Gasteiger partial charge in [-0.3, -0.25) is 0 Å². The van der Waals surface area contributed by atoms with E-state index in [-0.39, 0.29) is 0 Å². The fraction of sp³-hybridized carbons (Fsp3) is 0.600. The summed E-state index contributed by atoms with van der Waals surface area (Å²) in [5.41, 5.74) is 1.15. The van der Waals surface area contributed by atoms with Gasteiger partial charge in [0.05, 0.1) is 13.7 Å². The maximum atomic E-state index is 5.86. The first-order valence-corrected chi connectivity index (χ1v) is 8.08. The molecule has 0 amide bonds. The van der Waals surface area contributed by atoms with Crippen LogP contribution in [-0.2, 0) is 6.54 Å². The highest BCUT2D eigenvalue weighted by molar-refractivity contribution is 7.98. The molecule has 0 aliphatic carbocycles. The Hall–Kier alpha value is -0.870. The van der Waals surface area contributed by atoms with Crippen LogP contribution < -0.4 is 14.8 Å². The molecule has 0 unspecified atom stereocenters. The molecule has 1 aromatic rings. The molecular weight excluding hydrogens is 258 g/mol. The first-order valence-electron chi connectivity index (χ1n) is 6.69. The van der Waals surface area contributed by atoms with Gasteiger partial charge in [0.1, 0.15) is 11.5 Å². The predicted octanol–water partition coefficient (Wildman–Crippen LogP) is 3.33. The average Bonchev–Trinajstić information content (AvgIpc) is 2.42. The van der Waals surface area contributed by atoms with E-state index >= 15 is 0 Å². The smallest absolute Gasteiger partial charge is 0.124 e. The Morgan fingerprint density at radius 1 is 1.32 bits per heavy atom. The lowest BCUT2D eigenvalue weighted by Crippen LogP contribution is -2.22. The first kappa shape index (κ1) is 16.2. The minimum Gasteiger partial charge on any atom is -0.497 e. The third kappa shape index (κ3) is 6.21. The molecule has 0 aliphatic heterocycles. The van der Waals surface area contributed by atoms with Gasteiger partial charge in [0.25, 0.3) is 0 Å². The zero-order chi connectivity index (χ0) is 14.1. The zero-order valence-electron chi connectivity index (χ0n) is 12.4. The second-order valence-electron chi connectivity index (χ2n) is 4.70. The van der Waals surface area contributed by atoms with Crippen molar-refractivity contribution >= 4 is 11.8 Å². The van der Waals surface area contributed by atoms with E-state index in [1.165, 1.54) is 0 Å². The van der Waals surface area contributed by atoms with Crippen molar-refractivity contribution in [1.82, 2.24) is 5.32 Å². The highest BCUT2D eigenvalue weighted by Gasteiger charge is 2.06. The lowest BCUT2D eigenvalue weighted by Gasteiger charge is -2.15. The van der Waals surface area contributed by atoms with Gasteiger partial charge < -0.3 is 14.8 Å². The summed E-state index contributed by atoms with van der Waals surface area (Å²) >= 11 is 1.85. The Morgan fingerprint density at radius 2 is 2.11 bits per heavy atom. The van der Waals surface area contributed by atoms with Crippen LogP contribution in [0.2, 0.25) is 0 Å². The van der Waals surface area contributed by atoms with Gasteiger partial charge in [0, 0.05) is 18.2 Å². The molecule has 1 N–H and O–H groups in total. The van der Waals surface area contributed by atoms with E-state index in [0.717, 1.165) is 42.4 Å². The van der Waals surface area contributed by atoms with E-state index < -0.39 is 0 Å². The summed E-state index contributed by atoms with van der Waals surface area (Å²) in [4.78, 5) is 0. The van der Waals surface area contributed by atoms with Crippen molar-refractivity contribution in [3.05, 3.63) is 23.8 Å². The molecule has 0 aromatic heterocycles. The van der Waals surface area contributed by atoms with Crippen molar-refractivity contribution in [3.8, 4) is 11.5 Å². The molecule has 0 atom stereocenters. The summed E-state index contributed by atoms with van der Waals surface area (Å²) in [7, 11) is 1.69. The fourth-order valence-corrected chi connectivity index (χ4v) is 2.07. The summed E-state index contributed by atoms with van der Waals surface area (Å²) < 4.78 is 11.1. The molecule has 19 heavy (non-hydrogen) atoms. The van der Waals surface area contributed by atoms with Gasteiger partial charge in [-0.2, -0.15) is 11.8 Å². The van der Waals surface area contributed by atoms with E-state index in [2.05, 4.69) is 25.4 Å². The lowest BCUT2D eigenvalue weighted by atomic mass is 10.1. The van der Waals surface area contributed by atoms with E-state index in [1.54, 1.807) is 7.11 Å². The Kier molecular flexibility index (Phi) is 7.75. The van der Waals surface area contributed by atoms with Gasteiger partial charge in [-0.15, -0.1) is 0 Å². The number of hydrogen-bond acceptors (Lipinski definition) is 4. The van der Waals surface area contributed by atoms with Crippen molar-refractivity contribution in [1.29, 1.82) is 0 Å². The molecule has 0 heterocycles. The van der Waals surface area contributed by atoms with Crippen molar-refractivity contribution in [2.24, 2.45) is 0 Å². The molecule has 0 radical (unpaired) electrons. The van der Waals surface area contributed by atoms with E-state index in [1.807, 2.05) is 30.0 Å². The molecular formula is C15H25NO2S. The normalized spacial score (nSPS) is 10.8. The van der Waals surface area contributed by atoms with Crippen LogP contribution in [0.5, 0.6) is 11.5 Å². The molecule has 1 aromatic carbocycles. The number of benzene rings is 1. The summed E-state index contributed by atoms with van der Waals surface area (Å²) in [5.74, 6) is 2.96. The van der Waals surface area contributed by atoms with Gasteiger partial charge in [-0.05, 0) is 36.6 Å². The molecule has 4 heteroatoms. The first-order chi connectivity index (χ1) is 9.17. The molecule has 0 saturated carbocycles. The number of thioether (sulfide) groups is 1. The SMILES string of the molecule is COc1ccc(OCCCSC)c(CNC(C)C)c1. The molecule has 0 aliphatic rings. The second kappa shape index (κ2) is 9.10. The van der Waals surface area contributed by atoms with Crippen LogP contribution in [0.4, 0.5) is 0 Å². The summed E-state index contributed by atoms with van der Waals surface area (Å²) in [6.45, 7) is 5.84. The number of nitrogens with one attached hydrogen (secondary N) is 1. The van der Waals surface area contributed by atoms with E-state index in [4.69, 9.17) is 9.47 Å². The predicted molar refractivity (Wildman–Crippen MR) is 83.5 cm³/mol. The Labute approximate surface area is 121 Å².